The van der Waals surface area contributed by atoms with E-state index in [0.29, 0.717) is 12.6 Å². The van der Waals surface area contributed by atoms with Crippen molar-refractivity contribution in [2.24, 2.45) is 0 Å². The highest BCUT2D eigenvalue weighted by Crippen LogP contribution is 2.31. The van der Waals surface area contributed by atoms with Gasteiger partial charge in [0.15, 0.2) is 11.5 Å². The molecular weight excluding hydrogens is 272 g/mol. The van der Waals surface area contributed by atoms with Crippen LogP contribution in [0.5, 0.6) is 11.5 Å². The van der Waals surface area contributed by atoms with Gasteiger partial charge in [0.1, 0.15) is 6.61 Å². The monoisotopic (exact) mass is 292 g/mol. The molecule has 0 aliphatic rings. The minimum atomic E-state index is 0.296. The largest absolute Gasteiger partial charge is 0.493 e. The quantitative estimate of drug-likeness (QED) is 0.849. The molecule has 1 aromatic heterocycles. The van der Waals surface area contributed by atoms with Gasteiger partial charge in [0.2, 0.25) is 0 Å². The number of benzene rings is 1. The third kappa shape index (κ3) is 3.71. The number of rotatable bonds is 7. The summed E-state index contributed by atoms with van der Waals surface area (Å²) in [6.45, 7) is 5.69. The van der Waals surface area contributed by atoms with Crippen LogP contribution in [0.1, 0.15) is 30.3 Å². The predicted molar refractivity (Wildman–Crippen MR) is 81.5 cm³/mol. The molecule has 1 atom stereocenters. The van der Waals surface area contributed by atoms with Gasteiger partial charge < -0.3 is 14.8 Å². The van der Waals surface area contributed by atoms with E-state index in [-0.39, 0.29) is 0 Å². The second kappa shape index (κ2) is 7.26. The molecular formula is C15H20N2O2S. The van der Waals surface area contributed by atoms with Crippen molar-refractivity contribution in [2.45, 2.75) is 26.5 Å². The fraction of sp³-hybridized carbons (Fsp3) is 0.400. The maximum absolute atomic E-state index is 5.79. The van der Waals surface area contributed by atoms with Gasteiger partial charge in [-0.05, 0) is 31.2 Å². The first-order valence-corrected chi connectivity index (χ1v) is 7.54. The molecule has 108 valence electrons. The Hall–Kier alpha value is -1.59. The molecule has 0 aliphatic carbocycles. The summed E-state index contributed by atoms with van der Waals surface area (Å²) in [6, 6.07) is 6.35. The van der Waals surface area contributed by atoms with Crippen LogP contribution in [0.3, 0.4) is 0 Å². The lowest BCUT2D eigenvalue weighted by Crippen LogP contribution is -2.17. The Bertz CT molecular complexity index is 529. The molecule has 20 heavy (non-hydrogen) atoms. The summed E-state index contributed by atoms with van der Waals surface area (Å²) in [7, 11) is 1.66. The van der Waals surface area contributed by atoms with E-state index in [0.717, 1.165) is 22.9 Å². The third-order valence-electron chi connectivity index (χ3n) is 3.05. The van der Waals surface area contributed by atoms with E-state index in [1.165, 1.54) is 5.56 Å². The van der Waals surface area contributed by atoms with E-state index < -0.39 is 0 Å². The summed E-state index contributed by atoms with van der Waals surface area (Å²) >= 11 is 1.58. The summed E-state index contributed by atoms with van der Waals surface area (Å²) < 4.78 is 11.2. The molecule has 0 amide bonds. The van der Waals surface area contributed by atoms with E-state index in [4.69, 9.17) is 9.47 Å². The number of hydrogen-bond acceptors (Lipinski definition) is 5. The lowest BCUT2D eigenvalue weighted by Gasteiger charge is -2.16. The highest BCUT2D eigenvalue weighted by Gasteiger charge is 2.10. The van der Waals surface area contributed by atoms with Gasteiger partial charge in [-0.3, -0.25) is 4.98 Å². The van der Waals surface area contributed by atoms with Crippen molar-refractivity contribution in [3.05, 3.63) is 40.3 Å². The number of hydrogen-bond donors (Lipinski definition) is 1. The predicted octanol–water partition coefficient (Wildman–Crippen LogP) is 3.40. The second-order valence-electron chi connectivity index (χ2n) is 4.45. The lowest BCUT2D eigenvalue weighted by atomic mass is 10.1. The first-order valence-electron chi connectivity index (χ1n) is 6.66. The van der Waals surface area contributed by atoms with Gasteiger partial charge in [-0.2, -0.15) is 0 Å². The van der Waals surface area contributed by atoms with Gasteiger partial charge in [-0.1, -0.05) is 13.0 Å². The number of aromatic nitrogens is 1. The van der Waals surface area contributed by atoms with Crippen LogP contribution in [0.4, 0.5) is 0 Å². The Balaban J connectivity index is 2.09. The van der Waals surface area contributed by atoms with Crippen molar-refractivity contribution >= 4 is 11.3 Å². The first kappa shape index (κ1) is 14.8. The highest BCUT2D eigenvalue weighted by molar-refractivity contribution is 7.09. The van der Waals surface area contributed by atoms with E-state index in [9.17, 15) is 0 Å². The van der Waals surface area contributed by atoms with Gasteiger partial charge >= 0.3 is 0 Å². The van der Waals surface area contributed by atoms with Crippen molar-refractivity contribution < 1.29 is 9.47 Å². The number of ether oxygens (including phenoxy) is 2. The van der Waals surface area contributed by atoms with Gasteiger partial charge in [0.05, 0.1) is 17.5 Å². The molecule has 5 heteroatoms. The molecule has 0 spiro atoms. The Labute approximate surface area is 123 Å². The van der Waals surface area contributed by atoms with Gasteiger partial charge in [0.25, 0.3) is 0 Å². The van der Waals surface area contributed by atoms with Crippen molar-refractivity contribution in [3.63, 3.8) is 0 Å². The SMILES string of the molecule is CCNC(C)c1ccc(OCc2cncs2)c(OC)c1. The molecule has 1 N–H and O–H groups in total. The van der Waals surface area contributed by atoms with Crippen LogP contribution >= 0.6 is 11.3 Å². The van der Waals surface area contributed by atoms with E-state index in [1.54, 1.807) is 24.0 Å². The van der Waals surface area contributed by atoms with Crippen molar-refractivity contribution in [1.29, 1.82) is 0 Å². The Morgan fingerprint density at radius 3 is 2.85 bits per heavy atom. The molecule has 4 nitrogen and oxygen atoms in total. The zero-order valence-electron chi connectivity index (χ0n) is 12.1. The number of thiazole rings is 1. The second-order valence-corrected chi connectivity index (χ2v) is 5.42. The normalized spacial score (nSPS) is 12.2. The number of nitrogens with zero attached hydrogens (tertiary/aromatic N) is 1. The topological polar surface area (TPSA) is 43.4 Å². The Kier molecular flexibility index (Phi) is 5.38. The van der Waals surface area contributed by atoms with Crippen LogP contribution in [-0.2, 0) is 6.61 Å². The maximum Gasteiger partial charge on any atom is 0.161 e. The zero-order valence-corrected chi connectivity index (χ0v) is 12.9. The molecule has 0 saturated carbocycles. The number of methoxy groups -OCH3 is 1. The number of nitrogens with one attached hydrogen (secondary N) is 1. The van der Waals surface area contributed by atoms with Crippen LogP contribution in [0.2, 0.25) is 0 Å². The van der Waals surface area contributed by atoms with Crippen LogP contribution in [0, 0.1) is 0 Å². The van der Waals surface area contributed by atoms with E-state index >= 15 is 0 Å². The molecule has 1 aromatic carbocycles. The minimum absolute atomic E-state index is 0.296. The summed E-state index contributed by atoms with van der Waals surface area (Å²) in [4.78, 5) is 5.13. The fourth-order valence-corrected chi connectivity index (χ4v) is 2.46. The molecule has 2 aromatic rings. The van der Waals surface area contributed by atoms with E-state index in [2.05, 4.69) is 30.2 Å². The van der Waals surface area contributed by atoms with E-state index in [1.807, 2.05) is 18.3 Å². The molecule has 0 saturated heterocycles. The fourth-order valence-electron chi connectivity index (χ4n) is 1.96. The summed E-state index contributed by atoms with van der Waals surface area (Å²) in [5, 5.41) is 3.38. The molecule has 0 bridgehead atoms. The first-order chi connectivity index (χ1) is 9.74. The molecule has 1 heterocycles. The van der Waals surface area contributed by atoms with Crippen LogP contribution in [0.25, 0.3) is 0 Å². The summed E-state index contributed by atoms with van der Waals surface area (Å²) in [5.41, 5.74) is 2.99. The summed E-state index contributed by atoms with van der Waals surface area (Å²) in [6.07, 6.45) is 1.82. The van der Waals surface area contributed by atoms with Gasteiger partial charge in [-0.15, -0.1) is 11.3 Å². The summed E-state index contributed by atoms with van der Waals surface area (Å²) in [5.74, 6) is 1.52. The van der Waals surface area contributed by atoms with Crippen LogP contribution < -0.4 is 14.8 Å². The van der Waals surface area contributed by atoms with Crippen molar-refractivity contribution in [2.75, 3.05) is 13.7 Å². The molecule has 0 fully saturated rings. The van der Waals surface area contributed by atoms with Crippen LogP contribution in [0.15, 0.2) is 29.9 Å². The molecule has 1 unspecified atom stereocenters. The van der Waals surface area contributed by atoms with Crippen molar-refractivity contribution in [3.8, 4) is 11.5 Å². The molecule has 0 aliphatic heterocycles. The highest BCUT2D eigenvalue weighted by atomic mass is 32.1. The average Bonchev–Trinajstić information content (AvgIpc) is 2.98. The maximum atomic E-state index is 5.79. The lowest BCUT2D eigenvalue weighted by molar-refractivity contribution is 0.286. The minimum Gasteiger partial charge on any atom is -0.493 e. The van der Waals surface area contributed by atoms with Gasteiger partial charge in [0, 0.05) is 12.2 Å². The Morgan fingerprint density at radius 1 is 1.35 bits per heavy atom. The van der Waals surface area contributed by atoms with Crippen molar-refractivity contribution in [1.82, 2.24) is 10.3 Å². The average molecular weight is 292 g/mol. The van der Waals surface area contributed by atoms with Crippen LogP contribution in [-0.4, -0.2) is 18.6 Å². The standard InChI is InChI=1S/C15H20N2O2S/c1-4-17-11(2)12-5-6-14(15(7-12)18-3)19-9-13-8-16-10-20-13/h5-8,10-11,17H,4,9H2,1-3H3. The Morgan fingerprint density at radius 2 is 2.20 bits per heavy atom. The smallest absolute Gasteiger partial charge is 0.161 e. The third-order valence-corrected chi connectivity index (χ3v) is 3.80. The molecule has 0 radical (unpaired) electrons. The molecule has 2 rings (SSSR count). The zero-order chi connectivity index (χ0) is 14.4. The van der Waals surface area contributed by atoms with Gasteiger partial charge in [-0.25, -0.2) is 0 Å².